The summed E-state index contributed by atoms with van der Waals surface area (Å²) in [4.78, 5) is 53.6. The van der Waals surface area contributed by atoms with Crippen molar-refractivity contribution in [3.05, 3.63) is 11.5 Å². The van der Waals surface area contributed by atoms with Gasteiger partial charge in [0, 0.05) is 0 Å². The van der Waals surface area contributed by atoms with Crippen LogP contribution in [-0.2, 0) is 36.4 Å². The Morgan fingerprint density at radius 1 is 0.966 bits per heavy atom. The van der Waals surface area contributed by atoms with Crippen LogP contribution in [0.4, 0.5) is 0 Å². The van der Waals surface area contributed by atoms with Gasteiger partial charge >= 0.3 is 271 Å². The molecule has 0 aliphatic carbocycles. The van der Waals surface area contributed by atoms with E-state index < -0.39 is 59.8 Å². The van der Waals surface area contributed by atoms with Crippen molar-refractivity contribution in [2.75, 3.05) is 6.61 Å². The van der Waals surface area contributed by atoms with Crippen molar-refractivity contribution in [1.82, 2.24) is 0 Å². The molecule has 4 atom stereocenters. The molecular weight excluding hydrogens is 600 g/mol. The maximum atomic E-state index is 11.6. The molecule has 1 aliphatic heterocycles. The molecule has 23 heteroatoms. The van der Waals surface area contributed by atoms with E-state index in [2.05, 4.69) is 17.9 Å². The largest absolute Gasteiger partial charge is 1.00 e. The predicted octanol–water partition coefficient (Wildman–Crippen LogP) is -20.3. The maximum Gasteiger partial charge on any atom is 1.00 e. The molecule has 15 nitrogen and oxygen atoms in total. The minimum atomic E-state index is -6.28. The van der Waals surface area contributed by atoms with Crippen molar-refractivity contribution in [1.29, 1.82) is 0 Å². The SMILES string of the molecule is O=C1O[C@H]([C@@H](O)CO)C([O-])=C1OP(=O)([O-])OP(=O)([O-])OP(=O)([O-])[O-].[K+].[K+].[K+].[K+].[K+]. The Labute approximate surface area is 376 Å². The van der Waals surface area contributed by atoms with Gasteiger partial charge in [0.2, 0.25) is 5.76 Å². The van der Waals surface area contributed by atoms with Gasteiger partial charge in [-0.15, -0.1) is 0 Å². The number of aliphatic hydroxyl groups excluding tert-OH is 2. The van der Waals surface area contributed by atoms with Gasteiger partial charge in [-0.25, -0.2) is 9.11 Å². The van der Waals surface area contributed by atoms with E-state index in [1.54, 1.807) is 0 Å². The molecule has 0 aromatic carbocycles. The Balaban J connectivity index is -0.000000384. The average molecular weight is 607 g/mol. The van der Waals surface area contributed by atoms with E-state index in [1.807, 2.05) is 0 Å². The smallest absolute Gasteiger partial charge is 0.870 e. The summed E-state index contributed by atoms with van der Waals surface area (Å²) in [5, 5.41) is 29.4. The number of hydrogen-bond donors (Lipinski definition) is 2. The molecule has 2 N–H and O–H groups in total. The van der Waals surface area contributed by atoms with Gasteiger partial charge in [-0.05, 0) is 5.76 Å². The van der Waals surface area contributed by atoms with Gasteiger partial charge in [-0.2, -0.15) is 0 Å². The summed E-state index contributed by atoms with van der Waals surface area (Å²) in [5.41, 5.74) is 0. The summed E-state index contributed by atoms with van der Waals surface area (Å²) in [5.74, 6) is -4.98. The number of esters is 1. The topological polar surface area (TPSA) is 261 Å². The Morgan fingerprint density at radius 3 is 1.79 bits per heavy atom. The average Bonchev–Trinajstić information content (AvgIpc) is 2.61. The number of cyclic esters (lactones) is 1. The first kappa shape index (κ1) is 46.2. The van der Waals surface area contributed by atoms with E-state index in [1.165, 1.54) is 0 Å². The van der Waals surface area contributed by atoms with Crippen molar-refractivity contribution >= 4 is 29.4 Å². The van der Waals surface area contributed by atoms with E-state index in [4.69, 9.17) is 10.2 Å². The molecule has 0 fully saturated rings. The van der Waals surface area contributed by atoms with E-state index in [9.17, 15) is 43.2 Å². The molecule has 0 radical (unpaired) electrons. The number of carbonyl (C=O) groups excluding carboxylic acids is 1. The summed E-state index contributed by atoms with van der Waals surface area (Å²) >= 11 is 0. The molecule has 0 aromatic rings. The zero-order valence-electron chi connectivity index (χ0n) is 15.9. The molecule has 1 aliphatic rings. The van der Waals surface area contributed by atoms with Gasteiger partial charge in [0.15, 0.2) is 0 Å². The maximum absolute atomic E-state index is 11.6. The van der Waals surface area contributed by atoms with Crippen molar-refractivity contribution in [3.8, 4) is 0 Å². The second-order valence-electron chi connectivity index (χ2n) is 3.87. The minimum Gasteiger partial charge on any atom is -0.870 e. The molecule has 2 unspecified atom stereocenters. The quantitative estimate of drug-likeness (QED) is 0.148. The summed E-state index contributed by atoms with van der Waals surface area (Å²) < 4.78 is 46.2. The fourth-order valence-electron chi connectivity index (χ4n) is 1.27. The molecule has 0 saturated heterocycles. The molecule has 0 aromatic heterocycles. The number of rotatable bonds is 8. The van der Waals surface area contributed by atoms with Crippen molar-refractivity contribution in [3.63, 3.8) is 0 Å². The molecule has 1 rings (SSSR count). The van der Waals surface area contributed by atoms with Crippen LogP contribution in [0.1, 0.15) is 0 Å². The van der Waals surface area contributed by atoms with Gasteiger partial charge in [-0.3, -0.25) is 13.4 Å². The van der Waals surface area contributed by atoms with Crippen LogP contribution in [0.3, 0.4) is 0 Å². The van der Waals surface area contributed by atoms with E-state index >= 15 is 0 Å². The first-order valence-corrected chi connectivity index (χ1v) is 9.73. The zero-order chi connectivity index (χ0) is 18.9. The molecule has 0 spiro atoms. The normalized spacial score (nSPS) is 20.6. The van der Waals surface area contributed by atoms with Gasteiger partial charge in [-0.1, -0.05) is 0 Å². The van der Waals surface area contributed by atoms with Crippen LogP contribution in [0.25, 0.3) is 0 Å². The Kier molecular flexibility index (Phi) is 32.3. The number of carbonyl (C=O) groups is 1. The van der Waals surface area contributed by atoms with E-state index in [-0.39, 0.29) is 257 Å². The molecule has 0 bridgehead atoms. The fourth-order valence-corrected chi connectivity index (χ4v) is 4.14. The van der Waals surface area contributed by atoms with Crippen LogP contribution >= 0.6 is 23.5 Å². The van der Waals surface area contributed by atoms with Crippen molar-refractivity contribution in [2.24, 2.45) is 0 Å². The number of aliphatic hydroxyl groups is 2. The molecule has 29 heavy (non-hydrogen) atoms. The fraction of sp³-hybridized carbons (Fsp3) is 0.500. The predicted molar refractivity (Wildman–Crippen MR) is 56.1 cm³/mol. The third-order valence-electron chi connectivity index (χ3n) is 2.04. The van der Waals surface area contributed by atoms with E-state index in [0.29, 0.717) is 0 Å². The minimum absolute atomic E-state index is 0. The standard InChI is InChI=1S/C6H11O15P3.5K/c7-1-2(8)4-3(9)5(6(10)18-4)19-23(14,15)21-24(16,17)20-22(11,12)13;;;;;/h2,4,7-9H,1H2,(H,14,15)(H,16,17)(H2,11,12,13);;;;;/q;5*+1/p-5/t2-,4+;;;;;/m0...../s1. The first-order valence-electron chi connectivity index (χ1n) is 5.35. The monoisotopic (exact) mass is 606 g/mol. The van der Waals surface area contributed by atoms with Crippen LogP contribution in [0, 0.1) is 0 Å². The van der Waals surface area contributed by atoms with Crippen LogP contribution in [0.15, 0.2) is 11.5 Å². The van der Waals surface area contributed by atoms with Crippen molar-refractivity contribution < 1.29 is 328 Å². The zero-order valence-corrected chi connectivity index (χ0v) is 34.2. The van der Waals surface area contributed by atoms with Crippen LogP contribution in [-0.4, -0.2) is 35.0 Å². The Morgan fingerprint density at radius 2 is 1.41 bits per heavy atom. The van der Waals surface area contributed by atoms with Gasteiger partial charge in [0.05, 0.1) is 14.4 Å². The third-order valence-corrected chi connectivity index (χ3v) is 5.65. The van der Waals surface area contributed by atoms with Crippen LogP contribution in [0.5, 0.6) is 0 Å². The van der Waals surface area contributed by atoms with Gasteiger partial charge < -0.3 is 48.7 Å². The second-order valence-corrected chi connectivity index (χ2v) is 8.04. The van der Waals surface area contributed by atoms with Crippen LogP contribution in [0.2, 0.25) is 0 Å². The number of ether oxygens (including phenoxy) is 1. The Bertz CT molecular complexity index is 694. The first-order chi connectivity index (χ1) is 10.7. The second kappa shape index (κ2) is 20.3. The number of hydrogen-bond acceptors (Lipinski definition) is 15. The third kappa shape index (κ3) is 18.3. The number of phosphoric acid groups is 3. The summed E-state index contributed by atoms with van der Waals surface area (Å²) in [6.07, 6.45) is -3.97. The molecule has 0 saturated carbocycles. The van der Waals surface area contributed by atoms with Crippen LogP contribution < -0.4 is 282 Å². The molecule has 140 valence electrons. The molecule has 0 amide bonds. The molecule has 1 heterocycles. The van der Waals surface area contributed by atoms with E-state index in [0.717, 1.165) is 0 Å². The summed E-state index contributed by atoms with van der Waals surface area (Å²) in [6, 6.07) is 0. The van der Waals surface area contributed by atoms with Gasteiger partial charge in [0.25, 0.3) is 7.82 Å². The van der Waals surface area contributed by atoms with Gasteiger partial charge in [0.1, 0.15) is 12.2 Å². The summed E-state index contributed by atoms with van der Waals surface area (Å²) in [7, 11) is -18.6. The van der Waals surface area contributed by atoms with Crippen molar-refractivity contribution in [2.45, 2.75) is 12.2 Å². The molecular formula is C6H6K5O15P3. The number of phosphoric ester groups is 1. The Hall–Kier alpha value is 7.36. The summed E-state index contributed by atoms with van der Waals surface area (Å²) in [6.45, 7) is -1.06.